The van der Waals surface area contributed by atoms with E-state index < -0.39 is 0 Å². The van der Waals surface area contributed by atoms with Gasteiger partial charge < -0.3 is 10.3 Å². The highest BCUT2D eigenvalue weighted by Crippen LogP contribution is 2.45. The number of hydrogen-bond acceptors (Lipinski definition) is 1. The molecule has 0 saturated carbocycles. The molecule has 2 N–H and O–H groups in total. The Bertz CT molecular complexity index is 757. The third kappa shape index (κ3) is 1.61. The quantitative estimate of drug-likeness (QED) is 0.718. The molecule has 2 atom stereocenters. The van der Waals surface area contributed by atoms with Crippen molar-refractivity contribution in [3.05, 3.63) is 71.4 Å². The fraction of sp³-hybridized carbons (Fsp3) is 0.222. The van der Waals surface area contributed by atoms with Crippen molar-refractivity contribution in [3.63, 3.8) is 0 Å². The van der Waals surface area contributed by atoms with Gasteiger partial charge in [-0.15, -0.1) is 0 Å². The summed E-state index contributed by atoms with van der Waals surface area (Å²) in [5.74, 6) is 0.486. The van der Waals surface area contributed by atoms with E-state index in [4.69, 9.17) is 0 Å². The first kappa shape index (κ1) is 11.7. The van der Waals surface area contributed by atoms with Gasteiger partial charge in [0.05, 0.1) is 0 Å². The third-order valence-corrected chi connectivity index (χ3v) is 4.56. The Kier molecular flexibility index (Phi) is 2.64. The molecule has 0 fully saturated rings. The number of rotatable bonds is 2. The molecule has 0 spiro atoms. The van der Waals surface area contributed by atoms with E-state index in [1.54, 1.807) is 0 Å². The van der Waals surface area contributed by atoms with E-state index in [0.29, 0.717) is 12.0 Å². The van der Waals surface area contributed by atoms with Gasteiger partial charge in [0.15, 0.2) is 0 Å². The molecule has 1 aliphatic carbocycles. The molecule has 100 valence electrons. The standard InChI is InChI=1S/C18H18N2/c1-19-18-10-15(12-6-2-3-7-13(12)18)16-11-20-17-9-5-4-8-14(16)17/h2-9,11,15,18-20H,10H2,1H3/t15-,18-/m1/s1. The molecular weight excluding hydrogens is 244 g/mol. The van der Waals surface area contributed by atoms with E-state index >= 15 is 0 Å². The molecule has 0 bridgehead atoms. The van der Waals surface area contributed by atoms with Crippen molar-refractivity contribution in [1.82, 2.24) is 10.3 Å². The molecule has 2 aromatic carbocycles. The molecule has 0 unspecified atom stereocenters. The highest BCUT2D eigenvalue weighted by molar-refractivity contribution is 5.84. The molecule has 1 aromatic heterocycles. The van der Waals surface area contributed by atoms with E-state index in [0.717, 1.165) is 6.42 Å². The van der Waals surface area contributed by atoms with E-state index in [1.807, 2.05) is 0 Å². The summed E-state index contributed by atoms with van der Waals surface area (Å²) in [6, 6.07) is 17.9. The van der Waals surface area contributed by atoms with E-state index in [2.05, 4.69) is 72.1 Å². The van der Waals surface area contributed by atoms with E-state index in [1.165, 1.54) is 27.6 Å². The van der Waals surface area contributed by atoms with Gasteiger partial charge in [0.1, 0.15) is 0 Å². The second-order valence-electron chi connectivity index (χ2n) is 5.55. The summed E-state index contributed by atoms with van der Waals surface area (Å²) >= 11 is 0. The molecule has 0 radical (unpaired) electrons. The minimum Gasteiger partial charge on any atom is -0.361 e. The van der Waals surface area contributed by atoms with Crippen molar-refractivity contribution < 1.29 is 0 Å². The maximum Gasteiger partial charge on any atom is 0.0457 e. The maximum absolute atomic E-state index is 3.45. The van der Waals surface area contributed by atoms with Crippen LogP contribution in [0.2, 0.25) is 0 Å². The minimum atomic E-state index is 0.463. The summed E-state index contributed by atoms with van der Waals surface area (Å²) < 4.78 is 0. The monoisotopic (exact) mass is 262 g/mol. The molecule has 4 rings (SSSR count). The molecule has 3 aromatic rings. The average molecular weight is 262 g/mol. The van der Waals surface area contributed by atoms with Crippen LogP contribution in [0, 0.1) is 0 Å². The zero-order valence-corrected chi connectivity index (χ0v) is 11.6. The van der Waals surface area contributed by atoms with Crippen LogP contribution < -0.4 is 5.32 Å². The maximum atomic E-state index is 3.45. The Balaban J connectivity index is 1.88. The van der Waals surface area contributed by atoms with Crippen LogP contribution in [0.25, 0.3) is 10.9 Å². The first-order valence-corrected chi connectivity index (χ1v) is 7.20. The summed E-state index contributed by atoms with van der Waals surface area (Å²) in [5.41, 5.74) is 5.57. The molecule has 1 aliphatic rings. The summed E-state index contributed by atoms with van der Waals surface area (Å²) in [4.78, 5) is 3.41. The van der Waals surface area contributed by atoms with Gasteiger partial charge in [-0.05, 0) is 36.2 Å². The van der Waals surface area contributed by atoms with Gasteiger partial charge in [-0.2, -0.15) is 0 Å². The zero-order chi connectivity index (χ0) is 13.5. The Hall–Kier alpha value is -2.06. The van der Waals surface area contributed by atoms with Crippen LogP contribution >= 0.6 is 0 Å². The Morgan fingerprint density at radius 3 is 2.55 bits per heavy atom. The van der Waals surface area contributed by atoms with Crippen molar-refractivity contribution in [2.24, 2.45) is 0 Å². The van der Waals surface area contributed by atoms with Crippen molar-refractivity contribution >= 4 is 10.9 Å². The van der Waals surface area contributed by atoms with Gasteiger partial charge in [-0.3, -0.25) is 0 Å². The molecule has 2 heteroatoms. The fourth-order valence-electron chi connectivity index (χ4n) is 3.59. The average Bonchev–Trinajstić information content (AvgIpc) is 3.08. The molecule has 0 saturated heterocycles. The van der Waals surface area contributed by atoms with Crippen molar-refractivity contribution in [2.45, 2.75) is 18.4 Å². The molecule has 20 heavy (non-hydrogen) atoms. The molecule has 2 nitrogen and oxygen atoms in total. The topological polar surface area (TPSA) is 27.8 Å². The minimum absolute atomic E-state index is 0.463. The fourth-order valence-corrected chi connectivity index (χ4v) is 3.59. The molecular formula is C18H18N2. The number of hydrogen-bond donors (Lipinski definition) is 2. The van der Waals surface area contributed by atoms with Crippen LogP contribution in [0.15, 0.2) is 54.7 Å². The zero-order valence-electron chi connectivity index (χ0n) is 11.6. The Morgan fingerprint density at radius 2 is 1.70 bits per heavy atom. The van der Waals surface area contributed by atoms with Crippen molar-refractivity contribution in [3.8, 4) is 0 Å². The summed E-state index contributed by atoms with van der Waals surface area (Å²) in [5, 5.41) is 4.80. The van der Waals surface area contributed by atoms with Crippen LogP contribution in [0.5, 0.6) is 0 Å². The highest BCUT2D eigenvalue weighted by atomic mass is 14.9. The van der Waals surface area contributed by atoms with Crippen molar-refractivity contribution in [2.75, 3.05) is 7.05 Å². The largest absolute Gasteiger partial charge is 0.361 e. The van der Waals surface area contributed by atoms with E-state index in [9.17, 15) is 0 Å². The van der Waals surface area contributed by atoms with Gasteiger partial charge in [0.2, 0.25) is 0 Å². The summed E-state index contributed by atoms with van der Waals surface area (Å²) in [6.45, 7) is 0. The number of aromatic nitrogens is 1. The van der Waals surface area contributed by atoms with Gasteiger partial charge in [0.25, 0.3) is 0 Å². The number of nitrogens with one attached hydrogen (secondary N) is 2. The Labute approximate surface area is 118 Å². The van der Waals surface area contributed by atoms with Crippen LogP contribution in [0.3, 0.4) is 0 Å². The van der Waals surface area contributed by atoms with E-state index in [-0.39, 0.29) is 0 Å². The number of fused-ring (bicyclic) bond motifs is 2. The van der Waals surface area contributed by atoms with Gasteiger partial charge in [-0.1, -0.05) is 42.5 Å². The van der Waals surface area contributed by atoms with Gasteiger partial charge >= 0.3 is 0 Å². The second-order valence-corrected chi connectivity index (χ2v) is 5.55. The van der Waals surface area contributed by atoms with Crippen LogP contribution in [-0.2, 0) is 0 Å². The second kappa shape index (κ2) is 4.50. The number of benzene rings is 2. The molecule has 0 aliphatic heterocycles. The predicted octanol–water partition coefficient (Wildman–Crippen LogP) is 3.96. The Morgan fingerprint density at radius 1 is 0.950 bits per heavy atom. The van der Waals surface area contributed by atoms with Crippen molar-refractivity contribution in [1.29, 1.82) is 0 Å². The third-order valence-electron chi connectivity index (χ3n) is 4.56. The van der Waals surface area contributed by atoms with Gasteiger partial charge in [-0.25, -0.2) is 0 Å². The highest BCUT2D eigenvalue weighted by Gasteiger charge is 2.31. The lowest BCUT2D eigenvalue weighted by molar-refractivity contribution is 0.566. The number of aromatic amines is 1. The molecule has 1 heterocycles. The van der Waals surface area contributed by atoms with Gasteiger partial charge in [0, 0.05) is 29.1 Å². The summed E-state index contributed by atoms with van der Waals surface area (Å²) in [6.07, 6.45) is 3.32. The first-order chi connectivity index (χ1) is 9.88. The predicted molar refractivity (Wildman–Crippen MR) is 83.0 cm³/mol. The number of H-pyrrole nitrogens is 1. The lowest BCUT2D eigenvalue weighted by Gasteiger charge is -2.11. The first-order valence-electron chi connectivity index (χ1n) is 7.20. The lowest BCUT2D eigenvalue weighted by atomic mass is 9.93. The SMILES string of the molecule is CN[C@@H]1C[C@@H](c2c[nH]c3ccccc23)c2ccccc21. The normalized spacial score (nSPS) is 21.2. The lowest BCUT2D eigenvalue weighted by Crippen LogP contribution is -2.13. The smallest absolute Gasteiger partial charge is 0.0457 e. The van der Waals surface area contributed by atoms with Crippen LogP contribution in [-0.4, -0.2) is 12.0 Å². The summed E-state index contributed by atoms with van der Waals surface area (Å²) in [7, 11) is 2.05. The molecule has 0 amide bonds. The number of para-hydroxylation sites is 1. The van der Waals surface area contributed by atoms with Crippen LogP contribution in [0.1, 0.15) is 35.1 Å². The van der Waals surface area contributed by atoms with Crippen LogP contribution in [0.4, 0.5) is 0 Å².